The summed E-state index contributed by atoms with van der Waals surface area (Å²) in [5.74, 6) is 0.0705. The number of rotatable bonds is 2. The summed E-state index contributed by atoms with van der Waals surface area (Å²) in [6, 6.07) is 1.80. The highest BCUT2D eigenvalue weighted by Crippen LogP contribution is 2.45. The Morgan fingerprint density at radius 2 is 2.25 bits per heavy atom. The average molecular weight is 292 g/mol. The van der Waals surface area contributed by atoms with Gasteiger partial charge in [0.2, 0.25) is 5.75 Å². The monoisotopic (exact) mass is 291 g/mol. The molecule has 0 aliphatic carbocycles. The number of nitrogens with one attached hydrogen (secondary N) is 1. The molecule has 0 bridgehead atoms. The molecule has 0 radical (unpaired) electrons. The number of pyridine rings is 1. The molecule has 3 aromatic rings. The number of aromatic nitrogens is 2. The molecule has 0 fully saturated rings. The van der Waals surface area contributed by atoms with E-state index in [1.165, 1.54) is 7.11 Å². The Bertz CT molecular complexity index is 857. The van der Waals surface area contributed by atoms with Crippen LogP contribution < -0.4 is 4.74 Å². The molecule has 6 nitrogen and oxygen atoms in total. The first-order valence-electron chi connectivity index (χ1n) is 5.82. The molecule has 1 N–H and O–H groups in total. The van der Waals surface area contributed by atoms with E-state index in [1.807, 2.05) is 6.92 Å². The van der Waals surface area contributed by atoms with E-state index in [9.17, 15) is 10.1 Å². The van der Waals surface area contributed by atoms with Gasteiger partial charge in [0, 0.05) is 17.0 Å². The lowest BCUT2D eigenvalue weighted by Crippen LogP contribution is -1.97. The molecule has 0 amide bonds. The van der Waals surface area contributed by atoms with Crippen molar-refractivity contribution in [2.45, 2.75) is 6.92 Å². The molecule has 0 saturated carbocycles. The second-order valence-corrected chi connectivity index (χ2v) is 4.75. The normalized spacial score (nSPS) is 11.2. The summed E-state index contributed by atoms with van der Waals surface area (Å²) in [5, 5.41) is 13.2. The highest BCUT2D eigenvalue weighted by Gasteiger charge is 2.28. The Morgan fingerprint density at radius 3 is 2.90 bits per heavy atom. The van der Waals surface area contributed by atoms with Crippen LogP contribution in [-0.2, 0) is 0 Å². The Morgan fingerprint density at radius 1 is 1.50 bits per heavy atom. The van der Waals surface area contributed by atoms with Crippen molar-refractivity contribution in [1.29, 1.82) is 0 Å². The zero-order valence-corrected chi connectivity index (χ0v) is 11.5. The first-order chi connectivity index (χ1) is 9.56. The molecule has 102 valence electrons. The summed E-state index contributed by atoms with van der Waals surface area (Å²) in [6.07, 6.45) is 3.26. The quantitative estimate of drug-likeness (QED) is 0.578. The van der Waals surface area contributed by atoms with Crippen molar-refractivity contribution in [2.24, 2.45) is 0 Å². The number of nitro groups is 1. The van der Waals surface area contributed by atoms with Gasteiger partial charge < -0.3 is 9.72 Å². The molecule has 20 heavy (non-hydrogen) atoms. The van der Waals surface area contributed by atoms with Crippen LogP contribution in [0.5, 0.6) is 5.75 Å². The fourth-order valence-corrected chi connectivity index (χ4v) is 2.73. The lowest BCUT2D eigenvalue weighted by atomic mass is 10.1. The number of ether oxygens (including phenoxy) is 1. The number of aromatic amines is 1. The summed E-state index contributed by atoms with van der Waals surface area (Å²) in [7, 11) is 1.36. The van der Waals surface area contributed by atoms with Gasteiger partial charge >= 0.3 is 5.69 Å². The maximum Gasteiger partial charge on any atom is 0.336 e. The number of hydrogen-bond donors (Lipinski definition) is 1. The molecule has 0 unspecified atom stereocenters. The summed E-state index contributed by atoms with van der Waals surface area (Å²) < 4.78 is 5.11. The standard InChI is InChI=1S/C13H10ClN3O3/c1-6-9-7-3-4-15-5-8(7)16-11(9)12(17(18)19)13(20-2)10(6)14/h3-5,16H,1-2H3. The van der Waals surface area contributed by atoms with Crippen molar-refractivity contribution < 1.29 is 9.66 Å². The number of methoxy groups -OCH3 is 1. The van der Waals surface area contributed by atoms with E-state index in [4.69, 9.17) is 16.3 Å². The molecule has 2 aromatic heterocycles. The third kappa shape index (κ3) is 1.55. The highest BCUT2D eigenvalue weighted by molar-refractivity contribution is 6.35. The van der Waals surface area contributed by atoms with E-state index in [-0.39, 0.29) is 16.5 Å². The molecule has 2 heterocycles. The Balaban J connectivity index is 2.63. The number of benzene rings is 1. The summed E-state index contributed by atoms with van der Waals surface area (Å²) in [5.41, 5.74) is 1.70. The van der Waals surface area contributed by atoms with Gasteiger partial charge in [-0.3, -0.25) is 15.1 Å². The van der Waals surface area contributed by atoms with Crippen LogP contribution in [0.2, 0.25) is 5.02 Å². The van der Waals surface area contributed by atoms with E-state index in [2.05, 4.69) is 9.97 Å². The van der Waals surface area contributed by atoms with Gasteiger partial charge in [0.1, 0.15) is 5.52 Å². The molecule has 0 saturated heterocycles. The SMILES string of the molecule is COc1c(Cl)c(C)c2c([nH]c3cnccc32)c1[N+](=O)[O-]. The first kappa shape index (κ1) is 12.7. The predicted molar refractivity (Wildman–Crippen MR) is 76.6 cm³/mol. The topological polar surface area (TPSA) is 81.0 Å². The Hall–Kier alpha value is -2.34. The number of nitro benzene ring substituents is 1. The van der Waals surface area contributed by atoms with Gasteiger partial charge in [0.15, 0.2) is 0 Å². The predicted octanol–water partition coefficient (Wildman–Crippen LogP) is 3.59. The Kier molecular flexibility index (Phi) is 2.76. The van der Waals surface area contributed by atoms with E-state index < -0.39 is 4.92 Å². The van der Waals surface area contributed by atoms with Crippen LogP contribution in [0.4, 0.5) is 5.69 Å². The maximum atomic E-state index is 11.4. The van der Waals surface area contributed by atoms with Crippen LogP contribution in [0.25, 0.3) is 21.8 Å². The number of H-pyrrole nitrogens is 1. The summed E-state index contributed by atoms with van der Waals surface area (Å²) in [6.45, 7) is 1.81. The van der Waals surface area contributed by atoms with Crippen molar-refractivity contribution in [2.75, 3.05) is 7.11 Å². The van der Waals surface area contributed by atoms with E-state index >= 15 is 0 Å². The van der Waals surface area contributed by atoms with Crippen molar-refractivity contribution in [3.63, 3.8) is 0 Å². The van der Waals surface area contributed by atoms with Crippen LogP contribution in [0, 0.1) is 17.0 Å². The third-order valence-corrected chi connectivity index (χ3v) is 3.80. The van der Waals surface area contributed by atoms with Gasteiger partial charge in [-0.25, -0.2) is 0 Å². The summed E-state index contributed by atoms with van der Waals surface area (Å²) >= 11 is 6.22. The average Bonchev–Trinajstić information content (AvgIpc) is 2.80. The lowest BCUT2D eigenvalue weighted by Gasteiger charge is -2.08. The van der Waals surface area contributed by atoms with Crippen molar-refractivity contribution in [3.8, 4) is 5.75 Å². The van der Waals surface area contributed by atoms with Gasteiger partial charge in [0.05, 0.1) is 28.8 Å². The number of hydrogen-bond acceptors (Lipinski definition) is 4. The number of halogens is 1. The zero-order valence-electron chi connectivity index (χ0n) is 10.7. The minimum atomic E-state index is -0.491. The molecule has 3 rings (SSSR count). The second-order valence-electron chi connectivity index (χ2n) is 4.37. The van der Waals surface area contributed by atoms with Crippen LogP contribution in [0.3, 0.4) is 0 Å². The second kappa shape index (κ2) is 4.35. The van der Waals surface area contributed by atoms with Crippen LogP contribution in [0.15, 0.2) is 18.5 Å². The molecule has 0 aliphatic heterocycles. The molecule has 0 aliphatic rings. The third-order valence-electron chi connectivity index (χ3n) is 3.34. The van der Waals surface area contributed by atoms with Crippen LogP contribution in [0.1, 0.15) is 5.56 Å². The number of nitrogens with zero attached hydrogens (tertiary/aromatic N) is 2. The van der Waals surface area contributed by atoms with E-state index in [0.717, 1.165) is 21.9 Å². The smallest absolute Gasteiger partial charge is 0.336 e. The zero-order chi connectivity index (χ0) is 14.4. The number of fused-ring (bicyclic) bond motifs is 3. The molecule has 7 heteroatoms. The molecule has 1 aromatic carbocycles. The van der Waals surface area contributed by atoms with E-state index in [0.29, 0.717) is 5.52 Å². The Labute approximate surface area is 118 Å². The molecule has 0 atom stereocenters. The van der Waals surface area contributed by atoms with Crippen LogP contribution in [-0.4, -0.2) is 22.0 Å². The van der Waals surface area contributed by atoms with Gasteiger partial charge in [-0.05, 0) is 18.6 Å². The van der Waals surface area contributed by atoms with Crippen molar-refractivity contribution >= 4 is 39.1 Å². The van der Waals surface area contributed by atoms with Crippen molar-refractivity contribution in [1.82, 2.24) is 9.97 Å². The van der Waals surface area contributed by atoms with Crippen molar-refractivity contribution in [3.05, 3.63) is 39.2 Å². The van der Waals surface area contributed by atoms with Gasteiger partial charge in [-0.1, -0.05) is 11.6 Å². The minimum absolute atomic E-state index is 0.0705. The summed E-state index contributed by atoms with van der Waals surface area (Å²) in [4.78, 5) is 17.9. The van der Waals surface area contributed by atoms with E-state index in [1.54, 1.807) is 18.5 Å². The first-order valence-corrected chi connectivity index (χ1v) is 6.20. The van der Waals surface area contributed by atoms with Gasteiger partial charge in [0.25, 0.3) is 0 Å². The number of aryl methyl sites for hydroxylation is 1. The van der Waals surface area contributed by atoms with Gasteiger partial charge in [-0.2, -0.15) is 0 Å². The fourth-order valence-electron chi connectivity index (χ4n) is 2.47. The molecular weight excluding hydrogens is 282 g/mol. The lowest BCUT2D eigenvalue weighted by molar-refractivity contribution is -0.384. The molecular formula is C13H10ClN3O3. The molecule has 0 spiro atoms. The van der Waals surface area contributed by atoms with Crippen LogP contribution >= 0.6 is 11.6 Å². The highest BCUT2D eigenvalue weighted by atomic mass is 35.5. The van der Waals surface area contributed by atoms with Gasteiger partial charge in [-0.15, -0.1) is 0 Å². The maximum absolute atomic E-state index is 11.4. The fraction of sp³-hybridized carbons (Fsp3) is 0.154. The minimum Gasteiger partial charge on any atom is -0.489 e. The largest absolute Gasteiger partial charge is 0.489 e.